The Kier molecular flexibility index (Phi) is 3.62. The summed E-state index contributed by atoms with van der Waals surface area (Å²) in [6.07, 6.45) is 3.68. The first-order valence-corrected chi connectivity index (χ1v) is 9.75. The number of carbonyl (C=O) groups is 1. The number of aryl methyl sites for hydroxylation is 1. The third-order valence-corrected chi connectivity index (χ3v) is 6.02. The Labute approximate surface area is 160 Å². The second-order valence-corrected chi connectivity index (χ2v) is 8.07. The average molecular weight is 374 g/mol. The molecule has 0 aliphatic carbocycles. The number of benzene rings is 1. The topological polar surface area (TPSA) is 66.9 Å². The third kappa shape index (κ3) is 2.64. The fraction of sp³-hybridized carbons (Fsp3) is 0.190. The van der Waals surface area contributed by atoms with Gasteiger partial charge in [0.1, 0.15) is 4.88 Å². The zero-order valence-electron chi connectivity index (χ0n) is 15.0. The second-order valence-electron chi connectivity index (χ2n) is 7.01. The van der Waals surface area contributed by atoms with Gasteiger partial charge in [-0.05, 0) is 49.7 Å². The van der Waals surface area contributed by atoms with E-state index in [1.54, 1.807) is 0 Å². The summed E-state index contributed by atoms with van der Waals surface area (Å²) in [6, 6.07) is 10.4. The van der Waals surface area contributed by atoms with E-state index in [0.29, 0.717) is 6.54 Å². The highest BCUT2D eigenvalue weighted by Gasteiger charge is 2.24. The molecule has 3 aromatic heterocycles. The van der Waals surface area contributed by atoms with Crippen molar-refractivity contribution in [3.63, 3.8) is 0 Å². The molecule has 4 aromatic rings. The van der Waals surface area contributed by atoms with Gasteiger partial charge < -0.3 is 10.6 Å². The first kappa shape index (κ1) is 16.2. The minimum Gasteiger partial charge on any atom is -0.381 e. The molecule has 4 heterocycles. The largest absolute Gasteiger partial charge is 0.381 e. The molecule has 1 aliphatic heterocycles. The van der Waals surface area contributed by atoms with Crippen LogP contribution in [0, 0.1) is 6.92 Å². The summed E-state index contributed by atoms with van der Waals surface area (Å²) >= 11 is 1.53. The van der Waals surface area contributed by atoms with Gasteiger partial charge in [0.05, 0.1) is 16.9 Å². The molecule has 0 saturated carbocycles. The number of thiophene rings is 1. The van der Waals surface area contributed by atoms with Crippen LogP contribution in [0.5, 0.6) is 0 Å². The number of nitrogens with one attached hydrogen (secondary N) is 2. The van der Waals surface area contributed by atoms with Crippen LogP contribution in [-0.2, 0) is 0 Å². The van der Waals surface area contributed by atoms with Gasteiger partial charge in [0.25, 0.3) is 5.91 Å². The molecule has 5 rings (SSSR count). The molecular weight excluding hydrogens is 356 g/mol. The molecule has 1 amide bonds. The highest BCUT2D eigenvalue weighted by molar-refractivity contribution is 7.21. The molecule has 0 saturated heterocycles. The van der Waals surface area contributed by atoms with E-state index in [-0.39, 0.29) is 11.9 Å². The van der Waals surface area contributed by atoms with Crippen LogP contribution in [0.1, 0.15) is 22.2 Å². The van der Waals surface area contributed by atoms with Crippen LogP contribution in [-0.4, -0.2) is 28.5 Å². The lowest BCUT2D eigenvalue weighted by molar-refractivity contribution is 0.0949. The van der Waals surface area contributed by atoms with Crippen molar-refractivity contribution in [3.05, 3.63) is 53.2 Å². The van der Waals surface area contributed by atoms with Crippen LogP contribution in [0.15, 0.2) is 42.7 Å². The Bertz CT molecular complexity index is 1210. The summed E-state index contributed by atoms with van der Waals surface area (Å²) in [6.45, 7) is 4.74. The zero-order chi connectivity index (χ0) is 18.5. The molecule has 0 radical (unpaired) electrons. The van der Waals surface area contributed by atoms with E-state index in [0.717, 1.165) is 48.4 Å². The second kappa shape index (κ2) is 6.03. The number of amides is 1. The van der Waals surface area contributed by atoms with Crippen LogP contribution < -0.4 is 10.6 Å². The summed E-state index contributed by atoms with van der Waals surface area (Å²) in [5.74, 6) is -0.00716. The Morgan fingerprint density at radius 2 is 2.07 bits per heavy atom. The number of nitrogens with zero attached hydrogens (tertiary/aromatic N) is 2. The van der Waals surface area contributed by atoms with Crippen molar-refractivity contribution >= 4 is 43.9 Å². The number of fused-ring (bicyclic) bond motifs is 5. The predicted octanol–water partition coefficient (Wildman–Crippen LogP) is 4.36. The van der Waals surface area contributed by atoms with E-state index < -0.39 is 0 Å². The first-order valence-electron chi connectivity index (χ1n) is 8.93. The minimum atomic E-state index is -0.00716. The molecule has 0 spiro atoms. The molecule has 6 heteroatoms. The summed E-state index contributed by atoms with van der Waals surface area (Å²) in [5, 5.41) is 8.63. The number of aromatic nitrogens is 2. The van der Waals surface area contributed by atoms with Crippen molar-refractivity contribution in [1.82, 2.24) is 15.3 Å². The third-order valence-electron chi connectivity index (χ3n) is 4.86. The van der Waals surface area contributed by atoms with Crippen molar-refractivity contribution in [2.45, 2.75) is 19.9 Å². The fourth-order valence-corrected chi connectivity index (χ4v) is 4.68. The lowest BCUT2D eigenvalue weighted by Crippen LogP contribution is -2.34. The molecule has 0 fully saturated rings. The quantitative estimate of drug-likeness (QED) is 0.519. The van der Waals surface area contributed by atoms with E-state index in [4.69, 9.17) is 4.98 Å². The van der Waals surface area contributed by atoms with Crippen LogP contribution in [0.3, 0.4) is 0 Å². The van der Waals surface area contributed by atoms with Crippen molar-refractivity contribution in [1.29, 1.82) is 0 Å². The maximum Gasteiger partial charge on any atom is 0.263 e. The predicted molar refractivity (Wildman–Crippen MR) is 111 cm³/mol. The molecular formula is C21H18N4OS. The van der Waals surface area contributed by atoms with Gasteiger partial charge in [-0.3, -0.25) is 9.78 Å². The number of anilines is 1. The summed E-state index contributed by atoms with van der Waals surface area (Å²) in [4.78, 5) is 22.4. The average Bonchev–Trinajstić information content (AvgIpc) is 2.98. The highest BCUT2D eigenvalue weighted by atomic mass is 32.1. The normalized spacial score (nSPS) is 16.7. The number of pyridine rings is 2. The Balaban J connectivity index is 1.73. The minimum absolute atomic E-state index is 0.00716. The molecule has 1 aromatic carbocycles. The zero-order valence-corrected chi connectivity index (χ0v) is 15.9. The number of hydrogen-bond acceptors (Lipinski definition) is 5. The molecule has 0 bridgehead atoms. The summed E-state index contributed by atoms with van der Waals surface area (Å²) in [7, 11) is 0. The SMILES string of the molecule is Cc1cncc(-c2ccc3c(ccc4sc5c(c43)NC[C@@H](C)NC5=O)n2)c1. The Morgan fingerprint density at radius 3 is 2.93 bits per heavy atom. The smallest absolute Gasteiger partial charge is 0.263 e. The van der Waals surface area contributed by atoms with Crippen LogP contribution in [0.4, 0.5) is 5.69 Å². The molecule has 27 heavy (non-hydrogen) atoms. The van der Waals surface area contributed by atoms with E-state index >= 15 is 0 Å². The van der Waals surface area contributed by atoms with Crippen molar-refractivity contribution in [2.75, 3.05) is 11.9 Å². The van der Waals surface area contributed by atoms with Gasteiger partial charge in [-0.25, -0.2) is 4.98 Å². The van der Waals surface area contributed by atoms with Crippen LogP contribution >= 0.6 is 11.3 Å². The van der Waals surface area contributed by atoms with Gasteiger partial charge >= 0.3 is 0 Å². The maximum absolute atomic E-state index is 12.5. The van der Waals surface area contributed by atoms with Gasteiger partial charge in [-0.1, -0.05) is 0 Å². The van der Waals surface area contributed by atoms with Crippen molar-refractivity contribution < 1.29 is 4.79 Å². The Hall–Kier alpha value is -2.99. The Morgan fingerprint density at radius 1 is 1.19 bits per heavy atom. The van der Waals surface area contributed by atoms with E-state index in [1.165, 1.54) is 11.3 Å². The molecule has 1 aliphatic rings. The first-order chi connectivity index (χ1) is 13.1. The molecule has 1 atom stereocenters. The monoisotopic (exact) mass is 374 g/mol. The number of carbonyl (C=O) groups excluding carboxylic acids is 1. The van der Waals surface area contributed by atoms with Crippen LogP contribution in [0.2, 0.25) is 0 Å². The lowest BCUT2D eigenvalue weighted by atomic mass is 10.1. The van der Waals surface area contributed by atoms with Crippen molar-refractivity contribution in [3.8, 4) is 11.3 Å². The van der Waals surface area contributed by atoms with E-state index in [9.17, 15) is 4.79 Å². The van der Waals surface area contributed by atoms with Gasteiger partial charge in [-0.15, -0.1) is 11.3 Å². The van der Waals surface area contributed by atoms with E-state index in [1.807, 2.05) is 38.4 Å². The number of hydrogen-bond donors (Lipinski definition) is 2. The highest BCUT2D eigenvalue weighted by Crippen LogP contribution is 2.41. The van der Waals surface area contributed by atoms with Gasteiger partial charge in [0.2, 0.25) is 0 Å². The maximum atomic E-state index is 12.5. The molecule has 5 nitrogen and oxygen atoms in total. The molecule has 2 N–H and O–H groups in total. The summed E-state index contributed by atoms with van der Waals surface area (Å²) < 4.78 is 1.09. The molecule has 134 valence electrons. The van der Waals surface area contributed by atoms with Crippen molar-refractivity contribution in [2.24, 2.45) is 0 Å². The van der Waals surface area contributed by atoms with Gasteiger partial charge in [0.15, 0.2) is 0 Å². The number of rotatable bonds is 1. The lowest BCUT2D eigenvalue weighted by Gasteiger charge is -2.10. The summed E-state index contributed by atoms with van der Waals surface area (Å²) in [5.41, 5.74) is 4.86. The van der Waals surface area contributed by atoms with Gasteiger partial charge in [-0.2, -0.15) is 0 Å². The fourth-order valence-electron chi connectivity index (χ4n) is 3.58. The molecule has 0 unspecified atom stereocenters. The standard InChI is InChI=1S/C21H18N4OS/c1-11-7-13(10-22-8-11)15-4-3-14-16(25-15)5-6-17-18(14)19-20(27-17)21(26)24-12(2)9-23-19/h3-8,10,12,23H,9H2,1-2H3,(H,24,26)/t12-/m1/s1. The van der Waals surface area contributed by atoms with Crippen LogP contribution in [0.25, 0.3) is 32.2 Å². The van der Waals surface area contributed by atoms with Gasteiger partial charge in [0, 0.05) is 46.0 Å². The van der Waals surface area contributed by atoms with E-state index in [2.05, 4.69) is 33.8 Å².